The van der Waals surface area contributed by atoms with E-state index in [0.717, 1.165) is 11.3 Å². The van der Waals surface area contributed by atoms with Crippen molar-refractivity contribution in [3.05, 3.63) is 75.7 Å². The second-order valence-corrected chi connectivity index (χ2v) is 8.06. The van der Waals surface area contributed by atoms with Crippen LogP contribution in [0.2, 0.25) is 0 Å². The molecular formula is C22H19N5O3S2. The molecule has 32 heavy (non-hydrogen) atoms. The standard InChI is InChI=1S/C22H19N5O3S2/c1-30-17-10-4-14(5-11-17)20-25-26-22(31)27(20)13-19(28)23-15-6-8-16(9-7-15)24-21(29)18-3-2-12-32-18/h2-12H,13H2,1H3,(H,23,28)(H,24,29)(H,26,31). The molecule has 0 saturated carbocycles. The van der Waals surface area contributed by atoms with Crippen LogP contribution in [0, 0.1) is 4.77 Å². The van der Waals surface area contributed by atoms with Crippen molar-refractivity contribution in [2.24, 2.45) is 0 Å². The van der Waals surface area contributed by atoms with Crippen LogP contribution in [0.3, 0.4) is 0 Å². The van der Waals surface area contributed by atoms with Crippen LogP contribution in [0.15, 0.2) is 66.0 Å². The molecule has 0 aliphatic heterocycles. The van der Waals surface area contributed by atoms with Gasteiger partial charge in [0.2, 0.25) is 5.91 Å². The molecule has 2 aromatic heterocycles. The first kappa shape index (κ1) is 21.5. The van der Waals surface area contributed by atoms with Crippen LogP contribution in [-0.2, 0) is 11.3 Å². The van der Waals surface area contributed by atoms with Crippen molar-refractivity contribution in [3.8, 4) is 17.1 Å². The molecule has 162 valence electrons. The van der Waals surface area contributed by atoms with Crippen LogP contribution in [0.1, 0.15) is 9.67 Å². The number of amides is 2. The number of methoxy groups -OCH3 is 1. The maximum Gasteiger partial charge on any atom is 0.265 e. The topological polar surface area (TPSA) is 101 Å². The van der Waals surface area contributed by atoms with Crippen LogP contribution < -0.4 is 15.4 Å². The number of nitrogens with one attached hydrogen (secondary N) is 3. The minimum atomic E-state index is -0.257. The van der Waals surface area contributed by atoms with E-state index in [1.807, 2.05) is 35.7 Å². The lowest BCUT2D eigenvalue weighted by Crippen LogP contribution is -2.19. The third-order valence-corrected chi connectivity index (χ3v) is 5.76. The summed E-state index contributed by atoms with van der Waals surface area (Å²) in [7, 11) is 1.60. The minimum absolute atomic E-state index is 0.00639. The lowest BCUT2D eigenvalue weighted by molar-refractivity contribution is -0.116. The Bertz CT molecular complexity index is 1280. The number of aromatic amines is 1. The number of benzene rings is 2. The number of carbonyl (C=O) groups excluding carboxylic acids is 2. The monoisotopic (exact) mass is 465 g/mol. The maximum atomic E-state index is 12.6. The first-order valence-electron chi connectivity index (χ1n) is 9.58. The van der Waals surface area contributed by atoms with E-state index in [9.17, 15) is 9.59 Å². The number of hydrogen-bond donors (Lipinski definition) is 3. The van der Waals surface area contributed by atoms with Gasteiger partial charge < -0.3 is 15.4 Å². The molecule has 10 heteroatoms. The fourth-order valence-electron chi connectivity index (χ4n) is 3.01. The van der Waals surface area contributed by atoms with Crippen LogP contribution in [-0.4, -0.2) is 33.7 Å². The molecule has 8 nitrogen and oxygen atoms in total. The summed E-state index contributed by atoms with van der Waals surface area (Å²) in [5, 5.41) is 14.5. The predicted molar refractivity (Wildman–Crippen MR) is 127 cm³/mol. The van der Waals surface area contributed by atoms with Crippen molar-refractivity contribution in [1.29, 1.82) is 0 Å². The molecule has 0 fully saturated rings. The van der Waals surface area contributed by atoms with Crippen molar-refractivity contribution in [2.75, 3.05) is 17.7 Å². The smallest absolute Gasteiger partial charge is 0.265 e. The Balaban J connectivity index is 1.41. The molecule has 0 radical (unpaired) electrons. The fraction of sp³-hybridized carbons (Fsp3) is 0.0909. The highest BCUT2D eigenvalue weighted by molar-refractivity contribution is 7.71. The van der Waals surface area contributed by atoms with Crippen LogP contribution in [0.5, 0.6) is 5.75 Å². The Labute approximate surface area is 192 Å². The summed E-state index contributed by atoms with van der Waals surface area (Å²) in [4.78, 5) is 25.4. The molecule has 2 heterocycles. The van der Waals surface area contributed by atoms with E-state index in [4.69, 9.17) is 17.0 Å². The normalized spacial score (nSPS) is 10.5. The van der Waals surface area contributed by atoms with Gasteiger partial charge >= 0.3 is 0 Å². The van der Waals surface area contributed by atoms with Crippen molar-refractivity contribution < 1.29 is 14.3 Å². The number of hydrogen-bond acceptors (Lipinski definition) is 6. The lowest BCUT2D eigenvalue weighted by atomic mass is 10.2. The molecule has 3 N–H and O–H groups in total. The van der Waals surface area contributed by atoms with E-state index < -0.39 is 0 Å². The van der Waals surface area contributed by atoms with E-state index in [0.29, 0.717) is 26.8 Å². The number of thiophene rings is 1. The van der Waals surface area contributed by atoms with Gasteiger partial charge in [0.05, 0.1) is 12.0 Å². The molecule has 2 aromatic carbocycles. The van der Waals surface area contributed by atoms with Gasteiger partial charge in [0.1, 0.15) is 12.3 Å². The Morgan fingerprint density at radius 3 is 2.38 bits per heavy atom. The molecule has 4 aromatic rings. The minimum Gasteiger partial charge on any atom is -0.497 e. The molecule has 0 atom stereocenters. The highest BCUT2D eigenvalue weighted by Crippen LogP contribution is 2.21. The molecule has 0 spiro atoms. The number of ether oxygens (including phenoxy) is 1. The van der Waals surface area contributed by atoms with Crippen molar-refractivity contribution >= 4 is 46.7 Å². The lowest BCUT2D eigenvalue weighted by Gasteiger charge is -2.10. The second-order valence-electron chi connectivity index (χ2n) is 6.72. The zero-order valence-corrected chi connectivity index (χ0v) is 18.6. The third kappa shape index (κ3) is 4.93. The zero-order chi connectivity index (χ0) is 22.5. The summed E-state index contributed by atoms with van der Waals surface area (Å²) in [5.74, 6) is 0.853. The summed E-state index contributed by atoms with van der Waals surface area (Å²) in [5.41, 5.74) is 2.04. The Kier molecular flexibility index (Phi) is 6.43. The average molecular weight is 466 g/mol. The number of aromatic nitrogens is 3. The van der Waals surface area contributed by atoms with Gasteiger partial charge in [-0.3, -0.25) is 19.3 Å². The van der Waals surface area contributed by atoms with Gasteiger partial charge in [-0.1, -0.05) is 6.07 Å². The first-order valence-corrected chi connectivity index (χ1v) is 10.9. The maximum absolute atomic E-state index is 12.6. The molecule has 0 aliphatic carbocycles. The molecule has 0 bridgehead atoms. The Morgan fingerprint density at radius 2 is 1.75 bits per heavy atom. The van der Waals surface area contributed by atoms with Gasteiger partial charge in [-0.05, 0) is 72.2 Å². The van der Waals surface area contributed by atoms with E-state index in [2.05, 4.69) is 20.8 Å². The first-order chi connectivity index (χ1) is 15.5. The van der Waals surface area contributed by atoms with Gasteiger partial charge in [0, 0.05) is 16.9 Å². The van der Waals surface area contributed by atoms with Gasteiger partial charge in [-0.2, -0.15) is 5.10 Å². The summed E-state index contributed by atoms with van der Waals surface area (Å²) in [6.45, 7) is -0.00639. The van der Waals surface area contributed by atoms with Gasteiger partial charge in [-0.25, -0.2) is 0 Å². The van der Waals surface area contributed by atoms with E-state index in [1.54, 1.807) is 42.0 Å². The SMILES string of the molecule is COc1ccc(-c2n[nH]c(=S)n2CC(=O)Nc2ccc(NC(=O)c3cccs3)cc2)cc1. The highest BCUT2D eigenvalue weighted by Gasteiger charge is 2.13. The molecular weight excluding hydrogens is 446 g/mol. The summed E-state index contributed by atoms with van der Waals surface area (Å²) >= 11 is 6.67. The van der Waals surface area contributed by atoms with Crippen molar-refractivity contribution in [1.82, 2.24) is 14.8 Å². The van der Waals surface area contributed by atoms with E-state index in [-0.39, 0.29) is 18.4 Å². The van der Waals surface area contributed by atoms with E-state index in [1.165, 1.54) is 11.3 Å². The molecule has 0 unspecified atom stereocenters. The van der Waals surface area contributed by atoms with Crippen LogP contribution >= 0.6 is 23.6 Å². The predicted octanol–water partition coefficient (Wildman–Crippen LogP) is 4.57. The summed E-state index contributed by atoms with van der Waals surface area (Å²) < 4.78 is 7.15. The number of anilines is 2. The van der Waals surface area contributed by atoms with E-state index >= 15 is 0 Å². The van der Waals surface area contributed by atoms with Gasteiger partial charge in [0.25, 0.3) is 5.91 Å². The van der Waals surface area contributed by atoms with Crippen LogP contribution in [0.4, 0.5) is 11.4 Å². The van der Waals surface area contributed by atoms with Crippen molar-refractivity contribution in [2.45, 2.75) is 6.54 Å². The van der Waals surface area contributed by atoms with Crippen molar-refractivity contribution in [3.63, 3.8) is 0 Å². The largest absolute Gasteiger partial charge is 0.497 e. The average Bonchev–Trinajstić information content (AvgIpc) is 3.46. The fourth-order valence-corrected chi connectivity index (χ4v) is 3.82. The molecule has 0 saturated heterocycles. The Hall–Kier alpha value is -3.76. The van der Waals surface area contributed by atoms with Gasteiger partial charge in [-0.15, -0.1) is 11.3 Å². The third-order valence-electron chi connectivity index (χ3n) is 4.58. The molecule has 2 amide bonds. The summed E-state index contributed by atoms with van der Waals surface area (Å²) in [6, 6.07) is 17.8. The zero-order valence-electron chi connectivity index (χ0n) is 17.0. The van der Waals surface area contributed by atoms with Crippen LogP contribution in [0.25, 0.3) is 11.4 Å². The molecule has 4 rings (SSSR count). The number of carbonyl (C=O) groups is 2. The number of rotatable bonds is 7. The quantitative estimate of drug-likeness (QED) is 0.347. The number of H-pyrrole nitrogens is 1. The van der Waals surface area contributed by atoms with Gasteiger partial charge in [0.15, 0.2) is 10.6 Å². The molecule has 0 aliphatic rings. The Morgan fingerprint density at radius 1 is 1.06 bits per heavy atom. The number of nitrogens with zero attached hydrogens (tertiary/aromatic N) is 2. The summed E-state index contributed by atoms with van der Waals surface area (Å²) in [6.07, 6.45) is 0. The second kappa shape index (κ2) is 9.58. The highest BCUT2D eigenvalue weighted by atomic mass is 32.1.